The van der Waals surface area contributed by atoms with E-state index in [1.54, 1.807) is 0 Å². The van der Waals surface area contributed by atoms with Gasteiger partial charge in [-0.3, -0.25) is 4.79 Å². The zero-order valence-corrected chi connectivity index (χ0v) is 6.05. The Morgan fingerprint density at radius 1 is 1.56 bits per heavy atom. The van der Waals surface area contributed by atoms with E-state index in [1.165, 1.54) is 0 Å². The number of rotatable bonds is 4. The number of Topliss-reactive ketones (excluding diaryl/α,β-unsaturated/α-hetero) is 1. The van der Waals surface area contributed by atoms with Crippen molar-refractivity contribution in [2.75, 3.05) is 27.2 Å². The van der Waals surface area contributed by atoms with Gasteiger partial charge in [0.1, 0.15) is 5.78 Å². The van der Waals surface area contributed by atoms with Gasteiger partial charge in [-0.1, -0.05) is 0 Å². The van der Waals surface area contributed by atoms with E-state index in [1.807, 2.05) is 19.0 Å². The van der Waals surface area contributed by atoms with Gasteiger partial charge in [0.15, 0.2) is 0 Å². The summed E-state index contributed by atoms with van der Waals surface area (Å²) in [5, 5.41) is 0. The van der Waals surface area contributed by atoms with Crippen molar-refractivity contribution in [1.29, 1.82) is 0 Å². The number of nitrogens with zero attached hydrogens (tertiary/aromatic N) is 1. The lowest BCUT2D eigenvalue weighted by atomic mass is 10.3. The molecule has 3 nitrogen and oxygen atoms in total. The van der Waals surface area contributed by atoms with Gasteiger partial charge in [0, 0.05) is 13.0 Å². The Labute approximate surface area is 55.8 Å². The predicted molar refractivity (Wildman–Crippen MR) is 37.2 cm³/mol. The molecule has 0 aliphatic rings. The lowest BCUT2D eigenvalue weighted by molar-refractivity contribution is -0.117. The van der Waals surface area contributed by atoms with Crippen LogP contribution in [-0.2, 0) is 4.79 Å². The van der Waals surface area contributed by atoms with Crippen molar-refractivity contribution in [2.45, 2.75) is 6.42 Å². The first-order valence-electron chi connectivity index (χ1n) is 3.03. The van der Waals surface area contributed by atoms with Gasteiger partial charge in [-0.25, -0.2) is 0 Å². The van der Waals surface area contributed by atoms with Crippen LogP contribution in [0.5, 0.6) is 0 Å². The molecule has 0 aromatic rings. The monoisotopic (exact) mass is 130 g/mol. The van der Waals surface area contributed by atoms with E-state index in [0.717, 1.165) is 6.54 Å². The van der Waals surface area contributed by atoms with Crippen LogP contribution < -0.4 is 5.73 Å². The molecule has 0 radical (unpaired) electrons. The summed E-state index contributed by atoms with van der Waals surface area (Å²) in [4.78, 5) is 12.5. The normalized spacial score (nSPS) is 10.2. The number of hydrogen-bond donors (Lipinski definition) is 1. The Kier molecular flexibility index (Phi) is 4.26. The molecule has 0 aromatic heterocycles. The van der Waals surface area contributed by atoms with Gasteiger partial charge in [0.05, 0.1) is 6.54 Å². The van der Waals surface area contributed by atoms with E-state index >= 15 is 0 Å². The van der Waals surface area contributed by atoms with Crippen LogP contribution in [0.4, 0.5) is 0 Å². The highest BCUT2D eigenvalue weighted by Gasteiger charge is 1.97. The molecule has 0 aliphatic carbocycles. The van der Waals surface area contributed by atoms with Gasteiger partial charge in [-0.15, -0.1) is 0 Å². The van der Waals surface area contributed by atoms with E-state index < -0.39 is 0 Å². The van der Waals surface area contributed by atoms with E-state index in [0.29, 0.717) is 6.42 Å². The summed E-state index contributed by atoms with van der Waals surface area (Å²) in [6.07, 6.45) is 0.573. The van der Waals surface area contributed by atoms with Crippen LogP contribution >= 0.6 is 0 Å². The molecule has 0 saturated heterocycles. The van der Waals surface area contributed by atoms with E-state index in [2.05, 4.69) is 0 Å². The molecule has 0 aliphatic heterocycles. The minimum absolute atomic E-state index is 0.128. The molecule has 0 fully saturated rings. The first kappa shape index (κ1) is 8.59. The molecular formula is C6H14N2O. The first-order valence-corrected chi connectivity index (χ1v) is 3.03. The Morgan fingerprint density at radius 2 is 2.11 bits per heavy atom. The van der Waals surface area contributed by atoms with Crippen molar-refractivity contribution in [1.82, 2.24) is 4.90 Å². The third-order valence-corrected chi connectivity index (χ3v) is 1.07. The number of carbonyl (C=O) groups excluding carboxylic acids is 1. The lowest BCUT2D eigenvalue weighted by Crippen LogP contribution is -2.21. The average molecular weight is 130 g/mol. The second-order valence-corrected chi connectivity index (χ2v) is 2.30. The van der Waals surface area contributed by atoms with Crippen molar-refractivity contribution in [3.05, 3.63) is 0 Å². The van der Waals surface area contributed by atoms with Crippen molar-refractivity contribution < 1.29 is 4.79 Å². The summed E-state index contributed by atoms with van der Waals surface area (Å²) in [5.74, 6) is 0.128. The molecule has 54 valence electrons. The number of ketones is 1. The summed E-state index contributed by atoms with van der Waals surface area (Å²) >= 11 is 0. The van der Waals surface area contributed by atoms with Crippen LogP contribution in [0.3, 0.4) is 0 Å². The van der Waals surface area contributed by atoms with Crippen LogP contribution in [-0.4, -0.2) is 37.9 Å². The highest BCUT2D eigenvalue weighted by Crippen LogP contribution is 1.82. The molecule has 0 atom stereocenters. The summed E-state index contributed by atoms with van der Waals surface area (Å²) in [6, 6.07) is 0. The van der Waals surface area contributed by atoms with Crippen molar-refractivity contribution in [3.63, 3.8) is 0 Å². The van der Waals surface area contributed by atoms with Gasteiger partial charge in [0.2, 0.25) is 0 Å². The SMILES string of the molecule is CN(C)CCC(=O)CN. The molecule has 0 rings (SSSR count). The van der Waals surface area contributed by atoms with E-state index in [9.17, 15) is 4.79 Å². The molecular weight excluding hydrogens is 116 g/mol. The van der Waals surface area contributed by atoms with Gasteiger partial charge in [-0.2, -0.15) is 0 Å². The molecule has 2 N–H and O–H groups in total. The zero-order chi connectivity index (χ0) is 7.28. The average Bonchev–Trinajstić information content (AvgIpc) is 1.83. The zero-order valence-electron chi connectivity index (χ0n) is 6.05. The molecule has 0 spiro atoms. The minimum Gasteiger partial charge on any atom is -0.324 e. The number of carbonyl (C=O) groups is 1. The molecule has 9 heavy (non-hydrogen) atoms. The van der Waals surface area contributed by atoms with Gasteiger partial charge in [0.25, 0.3) is 0 Å². The fraction of sp³-hybridized carbons (Fsp3) is 0.833. The van der Waals surface area contributed by atoms with Crippen molar-refractivity contribution in [2.24, 2.45) is 5.73 Å². The fourth-order valence-electron chi connectivity index (χ4n) is 0.450. The summed E-state index contributed by atoms with van der Waals surface area (Å²) < 4.78 is 0. The molecule has 0 unspecified atom stereocenters. The minimum atomic E-state index is 0.128. The maximum Gasteiger partial charge on any atom is 0.147 e. The second-order valence-electron chi connectivity index (χ2n) is 2.30. The number of nitrogens with two attached hydrogens (primary N) is 1. The van der Waals surface area contributed by atoms with Crippen LogP contribution in [0.15, 0.2) is 0 Å². The quantitative estimate of drug-likeness (QED) is 0.556. The molecule has 0 saturated carbocycles. The molecule has 0 aromatic carbocycles. The maximum absolute atomic E-state index is 10.6. The summed E-state index contributed by atoms with van der Waals surface area (Å²) in [5.41, 5.74) is 5.09. The Balaban J connectivity index is 3.17. The third-order valence-electron chi connectivity index (χ3n) is 1.07. The number of hydrogen-bond acceptors (Lipinski definition) is 3. The summed E-state index contributed by atoms with van der Waals surface area (Å²) in [7, 11) is 3.87. The van der Waals surface area contributed by atoms with E-state index in [4.69, 9.17) is 5.73 Å². The third kappa shape index (κ3) is 5.46. The van der Waals surface area contributed by atoms with Crippen LogP contribution in [0.2, 0.25) is 0 Å². The molecule has 3 heteroatoms. The fourth-order valence-corrected chi connectivity index (χ4v) is 0.450. The van der Waals surface area contributed by atoms with Crippen LogP contribution in [0.25, 0.3) is 0 Å². The van der Waals surface area contributed by atoms with E-state index in [-0.39, 0.29) is 12.3 Å². The van der Waals surface area contributed by atoms with Crippen LogP contribution in [0, 0.1) is 0 Å². The van der Waals surface area contributed by atoms with Crippen LogP contribution in [0.1, 0.15) is 6.42 Å². The summed E-state index contributed by atoms with van der Waals surface area (Å²) in [6.45, 7) is 0.976. The first-order chi connectivity index (χ1) is 4.16. The lowest BCUT2D eigenvalue weighted by Gasteiger charge is -2.06. The standard InChI is InChI=1S/C6H14N2O/c1-8(2)4-3-6(9)5-7/h3-5,7H2,1-2H3. The second kappa shape index (κ2) is 4.47. The molecule has 0 amide bonds. The largest absolute Gasteiger partial charge is 0.324 e. The van der Waals surface area contributed by atoms with Gasteiger partial charge < -0.3 is 10.6 Å². The molecule has 0 bridgehead atoms. The van der Waals surface area contributed by atoms with Crippen molar-refractivity contribution >= 4 is 5.78 Å². The highest BCUT2D eigenvalue weighted by atomic mass is 16.1. The van der Waals surface area contributed by atoms with Gasteiger partial charge in [-0.05, 0) is 14.1 Å². The predicted octanol–water partition coefficient (Wildman–Crippen LogP) is -0.534. The topological polar surface area (TPSA) is 46.3 Å². The Hall–Kier alpha value is -0.410. The Morgan fingerprint density at radius 3 is 2.44 bits per heavy atom. The molecule has 0 heterocycles. The van der Waals surface area contributed by atoms with Crippen molar-refractivity contribution in [3.8, 4) is 0 Å². The highest BCUT2D eigenvalue weighted by molar-refractivity contribution is 5.80. The van der Waals surface area contributed by atoms with Gasteiger partial charge >= 0.3 is 0 Å². The smallest absolute Gasteiger partial charge is 0.147 e. The Bertz CT molecular complexity index is 91.1. The maximum atomic E-state index is 10.6.